The Morgan fingerprint density at radius 3 is 2.14 bits per heavy atom. The quantitative estimate of drug-likeness (QED) is 0.156. The minimum atomic E-state index is 0. The molecule has 2 nitrogen and oxygen atoms in total. The maximum atomic E-state index is 4.78. The van der Waals surface area contributed by atoms with Crippen LogP contribution in [0.1, 0.15) is 74.5 Å². The summed E-state index contributed by atoms with van der Waals surface area (Å²) in [5, 5.41) is 1.21. The number of fused-ring (bicyclic) bond motifs is 1. The molecule has 0 bridgehead atoms. The summed E-state index contributed by atoms with van der Waals surface area (Å²) in [4.78, 5) is 10.3. The van der Waals surface area contributed by atoms with E-state index in [0.717, 1.165) is 28.4 Å². The van der Waals surface area contributed by atoms with Crippen LogP contribution < -0.4 is 0 Å². The van der Waals surface area contributed by atoms with Gasteiger partial charge in [-0.3, -0.25) is 4.98 Å². The molecule has 0 amide bonds. The Balaban J connectivity index is 0.000000281. The predicted molar refractivity (Wildman–Crippen MR) is 208 cm³/mol. The fourth-order valence-electron chi connectivity index (χ4n) is 6.85. The maximum absolute atomic E-state index is 4.78. The summed E-state index contributed by atoms with van der Waals surface area (Å²) in [6, 6.07) is 47.5. The second kappa shape index (κ2) is 16.7. The monoisotopic (exact) mass is 847 g/mol. The zero-order valence-electron chi connectivity index (χ0n) is 29.0. The van der Waals surface area contributed by atoms with Gasteiger partial charge in [-0.2, -0.15) is 11.3 Å². The van der Waals surface area contributed by atoms with Gasteiger partial charge in [0.05, 0.1) is 0 Å². The molecule has 1 radical (unpaired) electrons. The Morgan fingerprint density at radius 2 is 1.44 bits per heavy atom. The molecule has 7 aromatic rings. The van der Waals surface area contributed by atoms with Crippen molar-refractivity contribution < 1.29 is 20.1 Å². The molecule has 1 fully saturated rings. The van der Waals surface area contributed by atoms with Gasteiger partial charge in [0, 0.05) is 38.2 Å². The summed E-state index contributed by atoms with van der Waals surface area (Å²) in [7, 11) is 0. The van der Waals surface area contributed by atoms with Crippen LogP contribution in [0.2, 0.25) is 0 Å². The maximum Gasteiger partial charge on any atom is 0.0185 e. The van der Waals surface area contributed by atoms with Crippen LogP contribution in [0.4, 0.5) is 0 Å². The standard InChI is InChI=1S/C35H34NS.C11H8N.Ir/c1-23(2)29-18-19-36-33(22-29)30-20-31-24(3)34(28-12-8-5-9-13-28)37-35(31)32(21-30)27-16-14-26(15-17-27)25-10-6-4-7-11-25;1-2-6-10(7-3-1)11-8-4-5-9-12-11;/h5,8-9,12-19,21-23,25H,4,6-7,10-11H2,1-3H3;1-6,8-9H;/q2*-1;. The third-order valence-corrected chi connectivity index (χ3v) is 11.0. The van der Waals surface area contributed by atoms with Gasteiger partial charge in [0.1, 0.15) is 0 Å². The molecule has 1 saturated carbocycles. The van der Waals surface area contributed by atoms with E-state index in [1.165, 1.54) is 80.4 Å². The second-order valence-electron chi connectivity index (χ2n) is 13.3. The van der Waals surface area contributed by atoms with Gasteiger partial charge in [0.15, 0.2) is 0 Å². The van der Waals surface area contributed by atoms with Crippen molar-refractivity contribution in [3.63, 3.8) is 0 Å². The molecule has 1 aliphatic rings. The number of aromatic nitrogens is 2. The summed E-state index contributed by atoms with van der Waals surface area (Å²) in [6.07, 6.45) is 10.5. The molecule has 3 heterocycles. The van der Waals surface area contributed by atoms with E-state index in [1.54, 1.807) is 6.20 Å². The Morgan fingerprint density at radius 1 is 0.700 bits per heavy atom. The van der Waals surface area contributed by atoms with E-state index in [9.17, 15) is 0 Å². The molecular formula is C46H42IrN2S-2. The van der Waals surface area contributed by atoms with Crippen molar-refractivity contribution in [3.8, 4) is 44.1 Å². The van der Waals surface area contributed by atoms with Gasteiger partial charge in [-0.1, -0.05) is 130 Å². The minimum Gasteiger partial charge on any atom is -0.305 e. The molecule has 0 N–H and O–H groups in total. The summed E-state index contributed by atoms with van der Waals surface area (Å²) >= 11 is 1.89. The molecule has 0 saturated heterocycles. The van der Waals surface area contributed by atoms with Crippen LogP contribution in [-0.2, 0) is 20.1 Å². The summed E-state index contributed by atoms with van der Waals surface area (Å²) in [6.45, 7) is 6.72. The van der Waals surface area contributed by atoms with E-state index in [4.69, 9.17) is 4.98 Å². The third kappa shape index (κ3) is 8.05. The van der Waals surface area contributed by atoms with Crippen LogP contribution in [0.25, 0.3) is 54.2 Å². The molecule has 0 aliphatic heterocycles. The second-order valence-corrected chi connectivity index (χ2v) is 14.3. The first-order chi connectivity index (χ1) is 24.0. The smallest absolute Gasteiger partial charge is 0.0185 e. The SMILES string of the molecule is Cc1c(-c2ccccc2)sc2c(-c3ccc(C4CCCCC4)cc3)cc(-c3cc(C(C)C)ccn3)[c-]c12.[Ir].[c-]1ccccc1-c1ccccn1. The molecule has 4 heteroatoms. The molecule has 0 spiro atoms. The van der Waals surface area contributed by atoms with Crippen LogP contribution in [-0.4, -0.2) is 9.97 Å². The number of hydrogen-bond acceptors (Lipinski definition) is 3. The predicted octanol–water partition coefficient (Wildman–Crippen LogP) is 13.1. The van der Waals surface area contributed by atoms with Gasteiger partial charge in [-0.05, 0) is 74.3 Å². The molecule has 4 aromatic carbocycles. The molecule has 253 valence electrons. The van der Waals surface area contributed by atoms with Gasteiger partial charge in [-0.15, -0.1) is 53.4 Å². The van der Waals surface area contributed by atoms with Crippen LogP contribution in [0, 0.1) is 19.1 Å². The zero-order valence-corrected chi connectivity index (χ0v) is 32.2. The number of hydrogen-bond donors (Lipinski definition) is 0. The van der Waals surface area contributed by atoms with E-state index in [2.05, 4.69) is 111 Å². The number of thiophene rings is 1. The largest absolute Gasteiger partial charge is 0.305 e. The fraction of sp³-hybridized carbons (Fsp3) is 0.217. The number of benzene rings is 4. The van der Waals surface area contributed by atoms with Crippen molar-refractivity contribution >= 4 is 21.4 Å². The average Bonchev–Trinajstić information content (AvgIpc) is 3.52. The Labute approximate surface area is 315 Å². The van der Waals surface area contributed by atoms with Crippen LogP contribution in [0.5, 0.6) is 0 Å². The summed E-state index contributed by atoms with van der Waals surface area (Å²) in [5.41, 5.74) is 12.0. The molecule has 3 aromatic heterocycles. The van der Waals surface area contributed by atoms with E-state index in [1.807, 2.05) is 60.0 Å². The van der Waals surface area contributed by atoms with E-state index in [0.29, 0.717) is 5.92 Å². The van der Waals surface area contributed by atoms with Gasteiger partial charge < -0.3 is 4.98 Å². The van der Waals surface area contributed by atoms with Crippen molar-refractivity contribution in [3.05, 3.63) is 156 Å². The first-order valence-corrected chi connectivity index (χ1v) is 18.4. The number of nitrogens with zero attached hydrogens (tertiary/aromatic N) is 2. The topological polar surface area (TPSA) is 25.8 Å². The number of rotatable bonds is 6. The molecule has 8 rings (SSSR count). The zero-order chi connectivity index (χ0) is 33.6. The Hall–Kier alpha value is -4.21. The van der Waals surface area contributed by atoms with Crippen LogP contribution in [0.3, 0.4) is 0 Å². The molecule has 1 aliphatic carbocycles. The van der Waals surface area contributed by atoms with Crippen molar-refractivity contribution in [1.29, 1.82) is 0 Å². The average molecular weight is 847 g/mol. The van der Waals surface area contributed by atoms with Gasteiger partial charge in [-0.25, -0.2) is 0 Å². The normalized spacial score (nSPS) is 13.0. The molecule has 0 atom stereocenters. The summed E-state index contributed by atoms with van der Waals surface area (Å²) in [5.74, 6) is 1.18. The molecule has 0 unspecified atom stereocenters. The van der Waals surface area contributed by atoms with Gasteiger partial charge in [0.25, 0.3) is 0 Å². The van der Waals surface area contributed by atoms with E-state index in [-0.39, 0.29) is 20.1 Å². The van der Waals surface area contributed by atoms with Crippen molar-refractivity contribution in [2.24, 2.45) is 0 Å². The first kappa shape index (κ1) is 35.6. The summed E-state index contributed by atoms with van der Waals surface area (Å²) < 4.78 is 1.31. The fourth-order valence-corrected chi connectivity index (χ4v) is 8.16. The molecular weight excluding hydrogens is 805 g/mol. The van der Waals surface area contributed by atoms with Crippen LogP contribution >= 0.6 is 11.3 Å². The Bertz CT molecular complexity index is 2080. The Kier molecular flexibility index (Phi) is 11.9. The van der Waals surface area contributed by atoms with Crippen molar-refractivity contribution in [2.45, 2.75) is 64.7 Å². The van der Waals surface area contributed by atoms with Crippen molar-refractivity contribution in [2.75, 3.05) is 0 Å². The third-order valence-electron chi connectivity index (χ3n) is 9.65. The van der Waals surface area contributed by atoms with E-state index < -0.39 is 0 Å². The van der Waals surface area contributed by atoms with Gasteiger partial charge >= 0.3 is 0 Å². The minimum absolute atomic E-state index is 0. The first-order valence-electron chi connectivity index (χ1n) is 17.5. The number of aryl methyl sites for hydroxylation is 1. The molecule has 50 heavy (non-hydrogen) atoms. The number of pyridine rings is 2. The van der Waals surface area contributed by atoms with Crippen molar-refractivity contribution in [1.82, 2.24) is 9.97 Å². The van der Waals surface area contributed by atoms with Crippen LogP contribution in [0.15, 0.2) is 128 Å². The van der Waals surface area contributed by atoms with E-state index >= 15 is 0 Å². The van der Waals surface area contributed by atoms with Gasteiger partial charge in [0.2, 0.25) is 0 Å².